The van der Waals surface area contributed by atoms with Crippen molar-refractivity contribution in [2.24, 2.45) is 0 Å². The molecule has 38 heavy (non-hydrogen) atoms. The molecular weight excluding hydrogens is 506 g/mol. The van der Waals surface area contributed by atoms with E-state index in [1.807, 2.05) is 6.92 Å². The van der Waals surface area contributed by atoms with E-state index in [0.717, 1.165) is 16.9 Å². The lowest BCUT2D eigenvalue weighted by Crippen LogP contribution is -2.38. The SMILES string of the molecule is Cc1nc2ccc(-n3ncc(C(=O)c4cc5cc(C(=O)N6CC(F)(F)C(F)(F)C6)ccc5[nH]4)c3N)cc2[nH]1. The molecule has 0 radical (unpaired) electrons. The van der Waals surface area contributed by atoms with Crippen molar-refractivity contribution >= 4 is 39.4 Å². The van der Waals surface area contributed by atoms with Crippen molar-refractivity contribution in [2.75, 3.05) is 18.8 Å². The number of hydrogen-bond acceptors (Lipinski definition) is 5. The Morgan fingerprint density at radius 2 is 1.71 bits per heavy atom. The number of fused-ring (bicyclic) bond motifs is 2. The number of carbonyl (C=O) groups is 2. The van der Waals surface area contributed by atoms with Gasteiger partial charge >= 0.3 is 11.8 Å². The molecule has 13 heteroatoms. The average Bonchev–Trinajstić information content (AvgIpc) is 3.60. The fourth-order valence-corrected chi connectivity index (χ4v) is 4.62. The highest BCUT2D eigenvalue weighted by molar-refractivity contribution is 6.13. The van der Waals surface area contributed by atoms with Crippen molar-refractivity contribution in [3.05, 3.63) is 71.3 Å². The number of aromatic amines is 2. The third-order valence-corrected chi connectivity index (χ3v) is 6.59. The predicted molar refractivity (Wildman–Crippen MR) is 130 cm³/mol. The monoisotopic (exact) mass is 525 g/mol. The molecule has 4 heterocycles. The van der Waals surface area contributed by atoms with Gasteiger partial charge in [0.25, 0.3) is 5.91 Å². The maximum atomic E-state index is 13.6. The van der Waals surface area contributed by atoms with Crippen LogP contribution in [0.5, 0.6) is 0 Å². The Morgan fingerprint density at radius 1 is 0.974 bits per heavy atom. The van der Waals surface area contributed by atoms with Gasteiger partial charge in [0.1, 0.15) is 11.6 Å². The van der Waals surface area contributed by atoms with Gasteiger partial charge in [0, 0.05) is 16.5 Å². The zero-order valence-corrected chi connectivity index (χ0v) is 19.7. The zero-order chi connectivity index (χ0) is 27.0. The predicted octanol–water partition coefficient (Wildman–Crippen LogP) is 4.08. The standard InChI is InChI=1S/C25H19F4N7O2/c1-12-32-18-5-3-15(8-19(18)33-12)36-22(30)16(9-31-36)21(37)20-7-14-6-13(2-4-17(14)34-20)23(38)35-10-24(26,27)25(28,29)11-35/h2-9,34H,10-11,30H2,1H3,(H,32,33). The van der Waals surface area contributed by atoms with Gasteiger partial charge in [0.15, 0.2) is 0 Å². The van der Waals surface area contributed by atoms with E-state index < -0.39 is 36.6 Å². The lowest BCUT2D eigenvalue weighted by Gasteiger charge is -2.14. The van der Waals surface area contributed by atoms with Gasteiger partial charge in [-0.2, -0.15) is 22.7 Å². The number of nitrogens with two attached hydrogens (primary N) is 1. The van der Waals surface area contributed by atoms with Crippen LogP contribution in [0.15, 0.2) is 48.7 Å². The first kappa shape index (κ1) is 23.7. The van der Waals surface area contributed by atoms with Crippen molar-refractivity contribution in [2.45, 2.75) is 18.8 Å². The van der Waals surface area contributed by atoms with Crippen LogP contribution in [0.1, 0.15) is 32.2 Å². The Balaban J connectivity index is 1.28. The highest BCUT2D eigenvalue weighted by Crippen LogP contribution is 2.41. The minimum atomic E-state index is -4.30. The fourth-order valence-electron chi connectivity index (χ4n) is 4.62. The summed E-state index contributed by atoms with van der Waals surface area (Å²) >= 11 is 0. The molecule has 1 fully saturated rings. The molecule has 0 bridgehead atoms. The van der Waals surface area contributed by atoms with Gasteiger partial charge in [-0.1, -0.05) is 0 Å². The second-order valence-corrected chi connectivity index (χ2v) is 9.26. The number of carbonyl (C=O) groups excluding carboxylic acids is 2. The fraction of sp³-hybridized carbons (Fsp3) is 0.200. The minimum Gasteiger partial charge on any atom is -0.383 e. The third-order valence-electron chi connectivity index (χ3n) is 6.59. The number of rotatable bonds is 4. The van der Waals surface area contributed by atoms with Gasteiger partial charge < -0.3 is 20.6 Å². The lowest BCUT2D eigenvalue weighted by atomic mass is 10.1. The number of aromatic nitrogens is 5. The van der Waals surface area contributed by atoms with Crippen LogP contribution in [-0.2, 0) is 0 Å². The molecule has 1 aliphatic rings. The quantitative estimate of drug-likeness (QED) is 0.241. The molecular formula is C25H19F4N7O2. The topological polar surface area (TPSA) is 126 Å². The number of anilines is 1. The summed E-state index contributed by atoms with van der Waals surface area (Å²) in [6.45, 7) is -0.908. The molecule has 6 rings (SSSR count). The number of aryl methyl sites for hydroxylation is 1. The van der Waals surface area contributed by atoms with Crippen LogP contribution >= 0.6 is 0 Å². The number of amides is 1. The molecule has 1 saturated heterocycles. The summed E-state index contributed by atoms with van der Waals surface area (Å²) in [4.78, 5) is 36.7. The summed E-state index contributed by atoms with van der Waals surface area (Å²) in [7, 11) is 0. The smallest absolute Gasteiger partial charge is 0.329 e. The number of imidazole rings is 1. The van der Waals surface area contributed by atoms with E-state index in [-0.39, 0.29) is 22.6 Å². The van der Waals surface area contributed by atoms with Gasteiger partial charge in [-0.15, -0.1) is 0 Å². The number of halogens is 4. The maximum absolute atomic E-state index is 13.6. The molecule has 194 valence electrons. The Morgan fingerprint density at radius 3 is 2.45 bits per heavy atom. The summed E-state index contributed by atoms with van der Waals surface area (Å²) in [5.74, 6) is -9.15. The summed E-state index contributed by atoms with van der Waals surface area (Å²) in [5.41, 5.74) is 9.15. The first-order chi connectivity index (χ1) is 17.9. The van der Waals surface area contributed by atoms with Gasteiger partial charge in [0.2, 0.25) is 5.78 Å². The maximum Gasteiger partial charge on any atom is 0.329 e. The number of benzene rings is 2. The molecule has 0 unspecified atom stereocenters. The van der Waals surface area contributed by atoms with E-state index in [9.17, 15) is 27.2 Å². The molecule has 9 nitrogen and oxygen atoms in total. The molecule has 0 atom stereocenters. The Kier molecular flexibility index (Phi) is 4.93. The number of alkyl halides is 4. The second kappa shape index (κ2) is 7.91. The molecule has 2 aromatic carbocycles. The van der Waals surface area contributed by atoms with Crippen molar-refractivity contribution in [3.63, 3.8) is 0 Å². The van der Waals surface area contributed by atoms with Crippen LogP contribution < -0.4 is 5.73 Å². The molecule has 0 aliphatic carbocycles. The summed E-state index contributed by atoms with van der Waals surface area (Å²) < 4.78 is 55.7. The zero-order valence-electron chi connectivity index (χ0n) is 19.7. The number of ketones is 1. The van der Waals surface area contributed by atoms with Crippen LogP contribution in [-0.4, -0.2) is 66.3 Å². The molecule has 1 aliphatic heterocycles. The molecule has 0 saturated carbocycles. The summed E-state index contributed by atoms with van der Waals surface area (Å²) in [6.07, 6.45) is 1.34. The van der Waals surface area contributed by atoms with Crippen LogP contribution in [0.3, 0.4) is 0 Å². The number of nitrogens with one attached hydrogen (secondary N) is 2. The van der Waals surface area contributed by atoms with E-state index in [4.69, 9.17) is 5.73 Å². The second-order valence-electron chi connectivity index (χ2n) is 9.26. The van der Waals surface area contributed by atoms with E-state index in [1.54, 1.807) is 18.2 Å². The Hall–Kier alpha value is -4.68. The summed E-state index contributed by atoms with van der Waals surface area (Å²) in [5, 5.41) is 4.67. The molecule has 0 spiro atoms. The number of nitrogen functional groups attached to an aromatic ring is 1. The number of hydrogen-bond donors (Lipinski definition) is 3. The van der Waals surface area contributed by atoms with E-state index >= 15 is 0 Å². The van der Waals surface area contributed by atoms with Crippen molar-refractivity contribution in [1.82, 2.24) is 29.6 Å². The minimum absolute atomic E-state index is 0.0548. The number of H-pyrrole nitrogens is 2. The highest BCUT2D eigenvalue weighted by atomic mass is 19.3. The van der Waals surface area contributed by atoms with E-state index in [2.05, 4.69) is 20.1 Å². The van der Waals surface area contributed by atoms with E-state index in [0.29, 0.717) is 21.5 Å². The summed E-state index contributed by atoms with van der Waals surface area (Å²) in [6, 6.07) is 11.0. The first-order valence-corrected chi connectivity index (χ1v) is 11.5. The van der Waals surface area contributed by atoms with Gasteiger partial charge in [-0.25, -0.2) is 9.67 Å². The van der Waals surface area contributed by atoms with Gasteiger partial charge in [0.05, 0.1) is 47.3 Å². The van der Waals surface area contributed by atoms with Crippen molar-refractivity contribution in [1.29, 1.82) is 0 Å². The molecule has 3 aromatic heterocycles. The number of likely N-dealkylation sites (tertiary alicyclic amines) is 1. The van der Waals surface area contributed by atoms with E-state index in [1.165, 1.54) is 35.1 Å². The Bertz CT molecular complexity index is 1750. The highest BCUT2D eigenvalue weighted by Gasteiger charge is 2.63. The first-order valence-electron chi connectivity index (χ1n) is 11.5. The number of nitrogens with zero attached hydrogens (tertiary/aromatic N) is 4. The largest absolute Gasteiger partial charge is 0.383 e. The normalized spacial score (nSPS) is 16.5. The van der Waals surface area contributed by atoms with Crippen LogP contribution in [0.4, 0.5) is 23.4 Å². The lowest BCUT2D eigenvalue weighted by molar-refractivity contribution is -0.172. The molecule has 4 N–H and O–H groups in total. The molecule has 1 amide bonds. The van der Waals surface area contributed by atoms with Crippen LogP contribution in [0, 0.1) is 6.92 Å². The average molecular weight is 525 g/mol. The van der Waals surface area contributed by atoms with Gasteiger partial charge in [-0.05, 0) is 49.4 Å². The third kappa shape index (κ3) is 3.61. The van der Waals surface area contributed by atoms with Crippen molar-refractivity contribution in [3.8, 4) is 5.69 Å². The van der Waals surface area contributed by atoms with Crippen LogP contribution in [0.2, 0.25) is 0 Å². The molecule has 5 aromatic rings. The van der Waals surface area contributed by atoms with Gasteiger partial charge in [-0.3, -0.25) is 9.59 Å². The van der Waals surface area contributed by atoms with Crippen LogP contribution in [0.25, 0.3) is 27.6 Å². The Labute approximate surface area is 211 Å². The van der Waals surface area contributed by atoms with Crippen molar-refractivity contribution < 1.29 is 27.2 Å².